The van der Waals surface area contributed by atoms with Gasteiger partial charge in [-0.1, -0.05) is 17.7 Å². The van der Waals surface area contributed by atoms with Crippen molar-refractivity contribution in [1.82, 2.24) is 0 Å². The highest BCUT2D eigenvalue weighted by molar-refractivity contribution is 9.10. The van der Waals surface area contributed by atoms with Crippen LogP contribution in [0, 0.1) is 6.92 Å². The molecular weight excluding hydrogens is 342 g/mol. The maximum absolute atomic E-state index is 6.11. The second-order valence-corrected chi connectivity index (χ2v) is 5.84. The molecule has 0 radical (unpaired) electrons. The van der Waals surface area contributed by atoms with Gasteiger partial charge in [0.2, 0.25) is 6.79 Å². The number of hydrogen-bond donors (Lipinski definition) is 1. The molecule has 104 valence electrons. The minimum atomic E-state index is 0.276. The van der Waals surface area contributed by atoms with Crippen LogP contribution in [-0.2, 0) is 6.54 Å². The molecule has 5 heteroatoms. The second-order valence-electron chi connectivity index (χ2n) is 4.58. The van der Waals surface area contributed by atoms with Crippen molar-refractivity contribution in [2.75, 3.05) is 12.1 Å². The van der Waals surface area contributed by atoms with Gasteiger partial charge in [0.05, 0.1) is 4.47 Å². The Hall–Kier alpha value is -1.39. The van der Waals surface area contributed by atoms with Crippen molar-refractivity contribution in [3.8, 4) is 11.5 Å². The van der Waals surface area contributed by atoms with Gasteiger partial charge in [0.1, 0.15) is 0 Å². The molecule has 1 heterocycles. The van der Waals surface area contributed by atoms with Crippen molar-refractivity contribution >= 4 is 33.2 Å². The van der Waals surface area contributed by atoms with Crippen LogP contribution in [0.1, 0.15) is 11.1 Å². The van der Waals surface area contributed by atoms with Crippen molar-refractivity contribution in [1.29, 1.82) is 0 Å². The fourth-order valence-corrected chi connectivity index (χ4v) is 2.90. The highest BCUT2D eigenvalue weighted by Crippen LogP contribution is 2.40. The number of halogens is 2. The molecule has 0 spiro atoms. The average Bonchev–Trinajstić information content (AvgIpc) is 2.89. The number of rotatable bonds is 3. The zero-order chi connectivity index (χ0) is 14.1. The third kappa shape index (κ3) is 2.58. The Morgan fingerprint density at radius 2 is 2.15 bits per heavy atom. The van der Waals surface area contributed by atoms with E-state index in [2.05, 4.69) is 21.2 Å². The summed E-state index contributed by atoms with van der Waals surface area (Å²) in [7, 11) is 0. The van der Waals surface area contributed by atoms with Crippen LogP contribution in [0.4, 0.5) is 5.69 Å². The van der Waals surface area contributed by atoms with E-state index in [9.17, 15) is 0 Å². The first-order valence-corrected chi connectivity index (χ1v) is 7.39. The number of ether oxygens (including phenoxy) is 2. The van der Waals surface area contributed by atoms with Crippen LogP contribution < -0.4 is 14.8 Å². The van der Waals surface area contributed by atoms with Gasteiger partial charge in [0, 0.05) is 17.3 Å². The number of benzene rings is 2. The molecule has 0 aromatic heterocycles. The molecule has 1 aliphatic heterocycles. The number of fused-ring (bicyclic) bond motifs is 1. The van der Waals surface area contributed by atoms with Crippen molar-refractivity contribution in [2.45, 2.75) is 13.5 Å². The van der Waals surface area contributed by atoms with Crippen LogP contribution in [-0.4, -0.2) is 6.79 Å². The van der Waals surface area contributed by atoms with Gasteiger partial charge in [-0.3, -0.25) is 0 Å². The highest BCUT2D eigenvalue weighted by atomic mass is 79.9. The summed E-state index contributed by atoms with van der Waals surface area (Å²) in [6.45, 7) is 2.97. The van der Waals surface area contributed by atoms with Crippen LogP contribution in [0.5, 0.6) is 11.5 Å². The largest absolute Gasteiger partial charge is 0.454 e. The Labute approximate surface area is 131 Å². The maximum atomic E-state index is 6.11. The van der Waals surface area contributed by atoms with Gasteiger partial charge in [-0.25, -0.2) is 0 Å². The summed E-state index contributed by atoms with van der Waals surface area (Å²) in [5, 5.41) is 4.15. The number of hydrogen-bond acceptors (Lipinski definition) is 3. The van der Waals surface area contributed by atoms with Gasteiger partial charge in [-0.2, -0.15) is 0 Å². The fraction of sp³-hybridized carbons (Fsp3) is 0.200. The van der Waals surface area contributed by atoms with E-state index < -0.39 is 0 Å². The summed E-state index contributed by atoms with van der Waals surface area (Å²) in [6.07, 6.45) is 0. The molecule has 0 aliphatic carbocycles. The molecule has 0 fully saturated rings. The van der Waals surface area contributed by atoms with Gasteiger partial charge in [-0.05, 0) is 58.2 Å². The summed E-state index contributed by atoms with van der Waals surface area (Å²) in [5.74, 6) is 1.55. The highest BCUT2D eigenvalue weighted by Gasteiger charge is 2.17. The molecule has 0 saturated heterocycles. The lowest BCUT2D eigenvalue weighted by Gasteiger charge is -2.11. The predicted octanol–water partition coefficient (Wildman–Crippen LogP) is 4.75. The minimum absolute atomic E-state index is 0.276. The molecule has 20 heavy (non-hydrogen) atoms. The second kappa shape index (κ2) is 5.54. The molecule has 0 unspecified atom stereocenters. The zero-order valence-electron chi connectivity index (χ0n) is 10.9. The predicted molar refractivity (Wildman–Crippen MR) is 83.8 cm³/mol. The Morgan fingerprint density at radius 3 is 3.00 bits per heavy atom. The van der Waals surface area contributed by atoms with E-state index in [1.54, 1.807) is 0 Å². The van der Waals surface area contributed by atoms with Crippen molar-refractivity contribution in [3.05, 3.63) is 51.0 Å². The summed E-state index contributed by atoms with van der Waals surface area (Å²) < 4.78 is 11.7. The monoisotopic (exact) mass is 353 g/mol. The van der Waals surface area contributed by atoms with E-state index in [1.807, 2.05) is 37.3 Å². The number of anilines is 1. The van der Waals surface area contributed by atoms with E-state index in [4.69, 9.17) is 21.1 Å². The van der Waals surface area contributed by atoms with Gasteiger partial charge in [0.15, 0.2) is 11.5 Å². The van der Waals surface area contributed by atoms with Crippen LogP contribution in [0.2, 0.25) is 5.02 Å². The quantitative estimate of drug-likeness (QED) is 0.862. The van der Waals surface area contributed by atoms with Gasteiger partial charge < -0.3 is 14.8 Å². The van der Waals surface area contributed by atoms with E-state index in [1.165, 1.54) is 0 Å². The molecule has 0 atom stereocenters. The van der Waals surface area contributed by atoms with Crippen LogP contribution in [0.15, 0.2) is 34.8 Å². The summed E-state index contributed by atoms with van der Waals surface area (Å²) in [4.78, 5) is 0. The molecule has 3 rings (SSSR count). The lowest BCUT2D eigenvalue weighted by atomic mass is 10.1. The molecule has 0 amide bonds. The summed E-state index contributed by atoms with van der Waals surface area (Å²) in [6, 6.07) is 9.86. The molecule has 0 saturated carbocycles. The van der Waals surface area contributed by atoms with Gasteiger partial charge in [-0.15, -0.1) is 0 Å². The standard InChI is InChI=1S/C15H13BrClNO2/c1-9-12(17)3-2-4-13(9)18-7-10-5-11(16)15-14(6-10)19-8-20-15/h2-6,18H,7-8H2,1H3. The number of nitrogens with one attached hydrogen (secondary N) is 1. The Bertz CT molecular complexity index is 661. The normalized spacial score (nSPS) is 12.6. The van der Waals surface area contributed by atoms with Crippen molar-refractivity contribution in [3.63, 3.8) is 0 Å². The fourth-order valence-electron chi connectivity index (χ4n) is 2.12. The lowest BCUT2D eigenvalue weighted by Crippen LogP contribution is -2.01. The van der Waals surface area contributed by atoms with Crippen LogP contribution >= 0.6 is 27.5 Å². The minimum Gasteiger partial charge on any atom is -0.454 e. The Morgan fingerprint density at radius 1 is 1.30 bits per heavy atom. The third-order valence-electron chi connectivity index (χ3n) is 3.24. The molecule has 3 nitrogen and oxygen atoms in total. The first kappa shape index (κ1) is 13.6. The van der Waals surface area contributed by atoms with E-state index >= 15 is 0 Å². The van der Waals surface area contributed by atoms with Crippen LogP contribution in [0.25, 0.3) is 0 Å². The Kier molecular flexibility index (Phi) is 3.76. The van der Waals surface area contributed by atoms with Gasteiger partial charge >= 0.3 is 0 Å². The molecular formula is C15H13BrClNO2. The van der Waals surface area contributed by atoms with Crippen molar-refractivity contribution < 1.29 is 9.47 Å². The molecule has 0 bridgehead atoms. The molecule has 2 aromatic carbocycles. The van der Waals surface area contributed by atoms with E-state index in [0.717, 1.165) is 37.8 Å². The van der Waals surface area contributed by atoms with E-state index in [-0.39, 0.29) is 6.79 Å². The van der Waals surface area contributed by atoms with Crippen molar-refractivity contribution in [2.24, 2.45) is 0 Å². The third-order valence-corrected chi connectivity index (χ3v) is 4.24. The Balaban J connectivity index is 1.79. The lowest BCUT2D eigenvalue weighted by molar-refractivity contribution is 0.173. The maximum Gasteiger partial charge on any atom is 0.231 e. The SMILES string of the molecule is Cc1c(Cl)cccc1NCc1cc(Br)c2c(c1)OCO2. The molecule has 2 aromatic rings. The smallest absolute Gasteiger partial charge is 0.231 e. The molecule has 1 aliphatic rings. The summed E-state index contributed by atoms with van der Waals surface area (Å²) in [5.41, 5.74) is 3.20. The van der Waals surface area contributed by atoms with E-state index in [0.29, 0.717) is 6.54 Å². The summed E-state index contributed by atoms with van der Waals surface area (Å²) >= 11 is 9.61. The van der Waals surface area contributed by atoms with Crippen LogP contribution in [0.3, 0.4) is 0 Å². The first-order chi connectivity index (χ1) is 9.65. The van der Waals surface area contributed by atoms with Gasteiger partial charge in [0.25, 0.3) is 0 Å². The first-order valence-electron chi connectivity index (χ1n) is 6.22. The zero-order valence-corrected chi connectivity index (χ0v) is 13.2. The average molecular weight is 355 g/mol. The topological polar surface area (TPSA) is 30.5 Å². The molecule has 1 N–H and O–H groups in total.